The van der Waals surface area contributed by atoms with Gasteiger partial charge in [0.25, 0.3) is 5.91 Å². The molecule has 1 aromatic rings. The van der Waals surface area contributed by atoms with Crippen molar-refractivity contribution in [2.45, 2.75) is 39.0 Å². The highest BCUT2D eigenvalue weighted by Crippen LogP contribution is 2.26. The van der Waals surface area contributed by atoms with E-state index in [9.17, 15) is 14.4 Å². The Kier molecular flexibility index (Phi) is 6.16. The average Bonchev–Trinajstić information content (AvgIpc) is 2.89. The van der Waals surface area contributed by atoms with Crippen molar-refractivity contribution in [3.05, 3.63) is 28.8 Å². The zero-order valence-electron chi connectivity index (χ0n) is 13.2. The van der Waals surface area contributed by atoms with Crippen molar-refractivity contribution in [2.75, 3.05) is 11.9 Å². The second-order valence-corrected chi connectivity index (χ2v) is 6.28. The van der Waals surface area contributed by atoms with Gasteiger partial charge in [0.1, 0.15) is 5.78 Å². The first-order valence-electron chi connectivity index (χ1n) is 7.89. The molecule has 0 spiro atoms. The van der Waals surface area contributed by atoms with Crippen LogP contribution < -0.4 is 10.6 Å². The summed E-state index contributed by atoms with van der Waals surface area (Å²) in [5.74, 6) is -0.129. The predicted octanol–water partition coefficient (Wildman–Crippen LogP) is 3.18. The molecule has 0 saturated heterocycles. The van der Waals surface area contributed by atoms with Gasteiger partial charge < -0.3 is 10.6 Å². The highest BCUT2D eigenvalue weighted by atomic mass is 35.5. The molecule has 0 bridgehead atoms. The molecule has 0 aliphatic heterocycles. The van der Waals surface area contributed by atoms with E-state index in [0.29, 0.717) is 35.7 Å². The first-order valence-corrected chi connectivity index (χ1v) is 8.26. The maximum Gasteiger partial charge on any atom is 0.253 e. The van der Waals surface area contributed by atoms with Crippen LogP contribution in [0.1, 0.15) is 49.4 Å². The molecular weight excluding hydrogens is 316 g/mol. The van der Waals surface area contributed by atoms with E-state index in [4.69, 9.17) is 11.6 Å². The van der Waals surface area contributed by atoms with Crippen molar-refractivity contribution in [1.29, 1.82) is 0 Å². The van der Waals surface area contributed by atoms with Crippen molar-refractivity contribution in [1.82, 2.24) is 5.32 Å². The Morgan fingerprint density at radius 1 is 1.35 bits per heavy atom. The molecule has 1 aromatic carbocycles. The fraction of sp³-hybridized carbons (Fsp3) is 0.471. The number of nitrogens with one attached hydrogen (secondary N) is 2. The molecular formula is C17H21ClN2O3. The largest absolute Gasteiger partial charge is 0.352 e. The number of hydrogen-bond acceptors (Lipinski definition) is 3. The maximum atomic E-state index is 12.2. The molecule has 0 radical (unpaired) electrons. The van der Waals surface area contributed by atoms with Crippen LogP contribution in [0.4, 0.5) is 5.69 Å². The molecule has 2 N–H and O–H groups in total. The SMILES string of the molecule is CCCNC(=O)c1ccc(Cl)cc1NC(=O)CC1CCC(=O)C1. The van der Waals surface area contributed by atoms with Crippen LogP contribution in [-0.4, -0.2) is 24.1 Å². The van der Waals surface area contributed by atoms with Crippen LogP contribution in [0, 0.1) is 5.92 Å². The van der Waals surface area contributed by atoms with Crippen LogP contribution in [0.2, 0.25) is 5.02 Å². The number of carbonyl (C=O) groups is 3. The molecule has 2 rings (SSSR count). The second kappa shape index (κ2) is 8.11. The zero-order valence-corrected chi connectivity index (χ0v) is 13.9. The van der Waals surface area contributed by atoms with Crippen molar-refractivity contribution in [3.63, 3.8) is 0 Å². The predicted molar refractivity (Wildman–Crippen MR) is 89.7 cm³/mol. The van der Waals surface area contributed by atoms with E-state index < -0.39 is 0 Å². The molecule has 1 aliphatic carbocycles. The monoisotopic (exact) mass is 336 g/mol. The summed E-state index contributed by atoms with van der Waals surface area (Å²) in [4.78, 5) is 35.6. The number of amides is 2. The number of ketones is 1. The fourth-order valence-corrected chi connectivity index (χ4v) is 2.85. The van der Waals surface area contributed by atoms with Gasteiger partial charge in [-0.3, -0.25) is 14.4 Å². The summed E-state index contributed by atoms with van der Waals surface area (Å²) in [6.45, 7) is 2.53. The minimum absolute atomic E-state index is 0.0963. The average molecular weight is 337 g/mol. The van der Waals surface area contributed by atoms with Gasteiger partial charge in [0.05, 0.1) is 11.3 Å². The van der Waals surface area contributed by atoms with Gasteiger partial charge in [0.2, 0.25) is 5.91 Å². The van der Waals surface area contributed by atoms with Crippen LogP contribution in [-0.2, 0) is 9.59 Å². The van der Waals surface area contributed by atoms with Crippen LogP contribution in [0.5, 0.6) is 0 Å². The minimum atomic E-state index is -0.241. The molecule has 6 heteroatoms. The third-order valence-electron chi connectivity index (χ3n) is 3.86. The van der Waals surface area contributed by atoms with Crippen LogP contribution in [0.25, 0.3) is 0 Å². The Balaban J connectivity index is 2.05. The van der Waals surface area contributed by atoms with Gasteiger partial charge in [-0.1, -0.05) is 18.5 Å². The summed E-state index contributed by atoms with van der Waals surface area (Å²) >= 11 is 5.97. The first kappa shape index (κ1) is 17.5. The number of carbonyl (C=O) groups excluding carboxylic acids is 3. The lowest BCUT2D eigenvalue weighted by molar-refractivity contribution is -0.118. The van der Waals surface area contributed by atoms with E-state index >= 15 is 0 Å². The summed E-state index contributed by atoms with van der Waals surface area (Å²) < 4.78 is 0. The van der Waals surface area contributed by atoms with Gasteiger partial charge in [-0.15, -0.1) is 0 Å². The molecule has 1 fully saturated rings. The lowest BCUT2D eigenvalue weighted by Crippen LogP contribution is -2.26. The maximum absolute atomic E-state index is 12.2. The Labute approximate surface area is 140 Å². The molecule has 1 unspecified atom stereocenters. The Morgan fingerprint density at radius 3 is 2.78 bits per heavy atom. The van der Waals surface area contributed by atoms with Gasteiger partial charge in [0.15, 0.2) is 0 Å². The highest BCUT2D eigenvalue weighted by Gasteiger charge is 2.24. The van der Waals surface area contributed by atoms with E-state index in [-0.39, 0.29) is 29.9 Å². The van der Waals surface area contributed by atoms with Gasteiger partial charge in [-0.2, -0.15) is 0 Å². The normalized spacial score (nSPS) is 17.1. The molecule has 5 nitrogen and oxygen atoms in total. The van der Waals surface area contributed by atoms with E-state index in [2.05, 4.69) is 10.6 Å². The molecule has 1 saturated carbocycles. The molecule has 0 aromatic heterocycles. The highest BCUT2D eigenvalue weighted by molar-refractivity contribution is 6.31. The molecule has 2 amide bonds. The summed E-state index contributed by atoms with van der Waals surface area (Å²) in [6, 6.07) is 4.79. The third kappa shape index (κ3) is 5.06. The summed E-state index contributed by atoms with van der Waals surface area (Å²) in [5.41, 5.74) is 0.791. The van der Waals surface area contributed by atoms with Crippen LogP contribution >= 0.6 is 11.6 Å². The van der Waals surface area contributed by atoms with Crippen molar-refractivity contribution >= 4 is 34.9 Å². The Morgan fingerprint density at radius 2 is 2.13 bits per heavy atom. The Hall–Kier alpha value is -1.88. The summed E-state index contributed by atoms with van der Waals surface area (Å²) in [5, 5.41) is 5.99. The van der Waals surface area contributed by atoms with E-state index in [1.165, 1.54) is 0 Å². The molecule has 1 aliphatic rings. The smallest absolute Gasteiger partial charge is 0.253 e. The van der Waals surface area contributed by atoms with Crippen LogP contribution in [0.15, 0.2) is 18.2 Å². The number of halogens is 1. The van der Waals surface area contributed by atoms with Crippen molar-refractivity contribution < 1.29 is 14.4 Å². The van der Waals surface area contributed by atoms with E-state index in [1.54, 1.807) is 18.2 Å². The summed E-state index contributed by atoms with van der Waals surface area (Å²) in [7, 11) is 0. The molecule has 23 heavy (non-hydrogen) atoms. The second-order valence-electron chi connectivity index (χ2n) is 5.85. The standard InChI is InChI=1S/C17H21ClN2O3/c1-2-7-19-17(23)14-6-4-12(18)10-15(14)20-16(22)9-11-3-5-13(21)8-11/h4,6,10-11H,2-3,5,7-9H2,1H3,(H,19,23)(H,20,22). The van der Waals surface area contributed by atoms with Crippen LogP contribution in [0.3, 0.4) is 0 Å². The van der Waals surface area contributed by atoms with Gasteiger partial charge in [-0.05, 0) is 37.0 Å². The minimum Gasteiger partial charge on any atom is -0.352 e. The fourth-order valence-electron chi connectivity index (χ4n) is 2.68. The third-order valence-corrected chi connectivity index (χ3v) is 4.09. The van der Waals surface area contributed by atoms with Gasteiger partial charge in [0, 0.05) is 30.8 Å². The van der Waals surface area contributed by atoms with E-state index in [0.717, 1.165) is 12.8 Å². The number of hydrogen-bond donors (Lipinski definition) is 2. The number of Topliss-reactive ketones (excluding diaryl/α,β-unsaturated/α-hetero) is 1. The lowest BCUT2D eigenvalue weighted by Gasteiger charge is -2.13. The quantitative estimate of drug-likeness (QED) is 0.837. The number of rotatable bonds is 6. The summed E-state index contributed by atoms with van der Waals surface area (Å²) in [6.07, 6.45) is 2.89. The number of anilines is 1. The van der Waals surface area contributed by atoms with Crippen molar-refractivity contribution in [3.8, 4) is 0 Å². The van der Waals surface area contributed by atoms with Gasteiger partial charge in [-0.25, -0.2) is 0 Å². The number of benzene rings is 1. The topological polar surface area (TPSA) is 75.3 Å². The first-order chi connectivity index (χ1) is 11.0. The zero-order chi connectivity index (χ0) is 16.8. The molecule has 1 atom stereocenters. The van der Waals surface area contributed by atoms with Gasteiger partial charge >= 0.3 is 0 Å². The molecule has 0 heterocycles. The molecule has 124 valence electrons. The Bertz CT molecular complexity index is 616. The van der Waals surface area contributed by atoms with Crippen molar-refractivity contribution in [2.24, 2.45) is 5.92 Å². The lowest BCUT2D eigenvalue weighted by atomic mass is 10.0. The van der Waals surface area contributed by atoms with E-state index in [1.807, 2.05) is 6.92 Å².